The molecule has 0 atom stereocenters. The van der Waals surface area contributed by atoms with Crippen molar-refractivity contribution in [1.29, 1.82) is 0 Å². The summed E-state index contributed by atoms with van der Waals surface area (Å²) in [4.78, 5) is 0. The molecule has 112 valence electrons. The fraction of sp³-hybridized carbons (Fsp3) is 0.647. The number of rotatable bonds is 10. The highest BCUT2D eigenvalue weighted by Gasteiger charge is 2.19. The van der Waals surface area contributed by atoms with E-state index >= 15 is 0 Å². The Morgan fingerprint density at radius 2 is 2.00 bits per heavy atom. The maximum atomic E-state index is 5.84. The number of benzene rings is 1. The van der Waals surface area contributed by atoms with Gasteiger partial charge in [-0.2, -0.15) is 0 Å². The molecule has 0 amide bonds. The largest absolute Gasteiger partial charge is 0.492 e. The van der Waals surface area contributed by atoms with Gasteiger partial charge in [0.1, 0.15) is 5.75 Å². The highest BCUT2D eigenvalue weighted by Crippen LogP contribution is 2.27. The van der Waals surface area contributed by atoms with Crippen LogP contribution < -0.4 is 10.1 Å². The van der Waals surface area contributed by atoms with Gasteiger partial charge in [0.2, 0.25) is 0 Å². The molecule has 0 aromatic heterocycles. The van der Waals surface area contributed by atoms with E-state index < -0.39 is 0 Å². The molecule has 0 spiro atoms. The van der Waals surface area contributed by atoms with Crippen molar-refractivity contribution in [2.24, 2.45) is 0 Å². The van der Waals surface area contributed by atoms with Crippen molar-refractivity contribution >= 4 is 15.9 Å². The van der Waals surface area contributed by atoms with Gasteiger partial charge in [-0.25, -0.2) is 0 Å². The van der Waals surface area contributed by atoms with Crippen LogP contribution in [0.2, 0.25) is 0 Å². The van der Waals surface area contributed by atoms with Gasteiger partial charge in [-0.1, -0.05) is 38.7 Å². The Balaban J connectivity index is 1.68. The van der Waals surface area contributed by atoms with Crippen LogP contribution in [0.3, 0.4) is 0 Å². The van der Waals surface area contributed by atoms with Crippen molar-refractivity contribution < 1.29 is 4.74 Å². The number of halogens is 1. The molecule has 0 saturated heterocycles. The van der Waals surface area contributed by atoms with Crippen LogP contribution in [-0.4, -0.2) is 12.6 Å². The Morgan fingerprint density at radius 3 is 2.70 bits per heavy atom. The first-order chi connectivity index (χ1) is 9.79. The van der Waals surface area contributed by atoms with Crippen molar-refractivity contribution in [1.82, 2.24) is 5.32 Å². The first-order valence-electron chi connectivity index (χ1n) is 7.94. The fourth-order valence-electron chi connectivity index (χ4n) is 2.21. The van der Waals surface area contributed by atoms with E-state index in [2.05, 4.69) is 46.4 Å². The molecule has 1 saturated carbocycles. The fourth-order valence-corrected chi connectivity index (χ4v) is 2.75. The van der Waals surface area contributed by atoms with Crippen molar-refractivity contribution in [3.8, 4) is 5.75 Å². The van der Waals surface area contributed by atoms with E-state index in [1.807, 2.05) is 0 Å². The third-order valence-electron chi connectivity index (χ3n) is 3.67. The van der Waals surface area contributed by atoms with Crippen molar-refractivity contribution in [2.45, 2.75) is 64.5 Å². The lowest BCUT2D eigenvalue weighted by atomic mass is 10.2. The summed E-state index contributed by atoms with van der Waals surface area (Å²) in [6, 6.07) is 7.17. The van der Waals surface area contributed by atoms with Gasteiger partial charge >= 0.3 is 0 Å². The molecule has 1 aliphatic carbocycles. The van der Waals surface area contributed by atoms with Crippen molar-refractivity contribution in [2.75, 3.05) is 6.61 Å². The number of unbranched alkanes of at least 4 members (excludes halogenated alkanes) is 4. The smallest absolute Gasteiger partial charge is 0.133 e. The molecule has 0 heterocycles. The van der Waals surface area contributed by atoms with Crippen LogP contribution in [0.1, 0.15) is 57.4 Å². The zero-order chi connectivity index (χ0) is 14.2. The maximum absolute atomic E-state index is 5.84. The normalized spacial score (nSPS) is 14.5. The molecule has 2 rings (SSSR count). The zero-order valence-electron chi connectivity index (χ0n) is 12.5. The number of ether oxygens (including phenoxy) is 1. The summed E-state index contributed by atoms with van der Waals surface area (Å²) in [6.45, 7) is 4.02. The van der Waals surface area contributed by atoms with Crippen LogP contribution in [-0.2, 0) is 6.54 Å². The van der Waals surface area contributed by atoms with E-state index in [0.717, 1.165) is 35.8 Å². The first-order valence-corrected chi connectivity index (χ1v) is 8.73. The molecule has 0 unspecified atom stereocenters. The van der Waals surface area contributed by atoms with E-state index in [0.29, 0.717) is 0 Å². The van der Waals surface area contributed by atoms with Crippen LogP contribution >= 0.6 is 15.9 Å². The predicted molar refractivity (Wildman–Crippen MR) is 88.3 cm³/mol. The van der Waals surface area contributed by atoms with Gasteiger partial charge in [0.15, 0.2) is 0 Å². The van der Waals surface area contributed by atoms with Crippen molar-refractivity contribution in [3.63, 3.8) is 0 Å². The third kappa shape index (κ3) is 5.84. The number of nitrogens with one attached hydrogen (secondary N) is 1. The van der Waals surface area contributed by atoms with Gasteiger partial charge in [0.25, 0.3) is 0 Å². The molecule has 0 aliphatic heterocycles. The van der Waals surface area contributed by atoms with Crippen LogP contribution in [0.15, 0.2) is 22.7 Å². The second-order valence-corrected chi connectivity index (χ2v) is 6.54. The molecule has 0 radical (unpaired) electrons. The monoisotopic (exact) mass is 339 g/mol. The average Bonchev–Trinajstić information content (AvgIpc) is 3.26. The lowest BCUT2D eigenvalue weighted by Gasteiger charge is -2.10. The van der Waals surface area contributed by atoms with E-state index in [1.54, 1.807) is 0 Å². The number of hydrogen-bond acceptors (Lipinski definition) is 2. The molecule has 1 aliphatic rings. The minimum atomic E-state index is 0.757. The quantitative estimate of drug-likeness (QED) is 0.602. The SMILES string of the molecule is CCCCCCCOc1ccc(CNC2CC2)cc1Br. The van der Waals surface area contributed by atoms with E-state index in [-0.39, 0.29) is 0 Å². The summed E-state index contributed by atoms with van der Waals surface area (Å²) in [6.07, 6.45) is 9.05. The van der Waals surface area contributed by atoms with E-state index in [1.165, 1.54) is 44.1 Å². The second-order valence-electron chi connectivity index (χ2n) is 5.68. The molecule has 2 nitrogen and oxygen atoms in total. The Labute approximate surface area is 131 Å². The molecule has 1 N–H and O–H groups in total. The summed E-state index contributed by atoms with van der Waals surface area (Å²) in [5.41, 5.74) is 1.32. The first kappa shape index (κ1) is 15.8. The Bertz CT molecular complexity index is 404. The van der Waals surface area contributed by atoms with Gasteiger partial charge in [-0.15, -0.1) is 0 Å². The highest BCUT2D eigenvalue weighted by atomic mass is 79.9. The minimum Gasteiger partial charge on any atom is -0.492 e. The summed E-state index contributed by atoms with van der Waals surface area (Å²) in [7, 11) is 0. The zero-order valence-corrected chi connectivity index (χ0v) is 14.0. The molecule has 20 heavy (non-hydrogen) atoms. The Morgan fingerprint density at radius 1 is 1.20 bits per heavy atom. The van der Waals surface area contributed by atoms with Crippen molar-refractivity contribution in [3.05, 3.63) is 28.2 Å². The van der Waals surface area contributed by atoms with Crippen LogP contribution in [0.5, 0.6) is 5.75 Å². The molecule has 1 aromatic rings. The van der Waals surface area contributed by atoms with Gasteiger partial charge in [-0.05, 0) is 52.9 Å². The molecule has 1 fully saturated rings. The van der Waals surface area contributed by atoms with Gasteiger partial charge in [0.05, 0.1) is 11.1 Å². The summed E-state index contributed by atoms with van der Waals surface area (Å²) in [5.74, 6) is 0.968. The highest BCUT2D eigenvalue weighted by molar-refractivity contribution is 9.10. The van der Waals surface area contributed by atoms with Gasteiger partial charge in [0, 0.05) is 12.6 Å². The molecule has 3 heteroatoms. The molecule has 1 aromatic carbocycles. The van der Waals surface area contributed by atoms with Gasteiger partial charge in [-0.3, -0.25) is 0 Å². The Kier molecular flexibility index (Phi) is 6.88. The second kappa shape index (κ2) is 8.68. The summed E-state index contributed by atoms with van der Waals surface area (Å²) >= 11 is 3.61. The standard InChI is InChI=1S/C17H26BrNO/c1-2-3-4-5-6-11-20-17-10-7-14(12-16(17)18)13-19-15-8-9-15/h7,10,12,15,19H,2-6,8-9,11,13H2,1H3. The topological polar surface area (TPSA) is 21.3 Å². The molecular weight excluding hydrogens is 314 g/mol. The lowest BCUT2D eigenvalue weighted by Crippen LogP contribution is -2.15. The average molecular weight is 340 g/mol. The van der Waals surface area contributed by atoms with Crippen LogP contribution in [0, 0.1) is 0 Å². The predicted octanol–water partition coefficient (Wildman–Crippen LogP) is 5.05. The Hall–Kier alpha value is -0.540. The van der Waals surface area contributed by atoms with Crippen LogP contribution in [0.25, 0.3) is 0 Å². The summed E-state index contributed by atoms with van der Waals surface area (Å²) in [5, 5.41) is 3.53. The third-order valence-corrected chi connectivity index (χ3v) is 4.29. The lowest BCUT2D eigenvalue weighted by molar-refractivity contribution is 0.302. The van der Waals surface area contributed by atoms with Crippen LogP contribution in [0.4, 0.5) is 0 Å². The molecule has 0 bridgehead atoms. The van der Waals surface area contributed by atoms with E-state index in [4.69, 9.17) is 4.74 Å². The maximum Gasteiger partial charge on any atom is 0.133 e. The van der Waals surface area contributed by atoms with E-state index in [9.17, 15) is 0 Å². The minimum absolute atomic E-state index is 0.757. The number of hydrogen-bond donors (Lipinski definition) is 1. The molecular formula is C17H26BrNO. The van der Waals surface area contributed by atoms with Gasteiger partial charge < -0.3 is 10.1 Å². The summed E-state index contributed by atoms with van der Waals surface area (Å²) < 4.78 is 6.91.